The summed E-state index contributed by atoms with van der Waals surface area (Å²) in [5.41, 5.74) is 0.724. The molecule has 1 atom stereocenters. The van der Waals surface area contributed by atoms with Crippen LogP contribution in [0.3, 0.4) is 0 Å². The summed E-state index contributed by atoms with van der Waals surface area (Å²) < 4.78 is 10.4. The van der Waals surface area contributed by atoms with E-state index in [2.05, 4.69) is 4.90 Å². The van der Waals surface area contributed by atoms with E-state index in [4.69, 9.17) is 9.47 Å². The highest BCUT2D eigenvalue weighted by Gasteiger charge is 2.22. The predicted octanol–water partition coefficient (Wildman–Crippen LogP) is 1.60. The van der Waals surface area contributed by atoms with Gasteiger partial charge in [0.2, 0.25) is 0 Å². The van der Waals surface area contributed by atoms with E-state index in [1.807, 2.05) is 19.2 Å². The van der Waals surface area contributed by atoms with Gasteiger partial charge in [0.15, 0.2) is 5.78 Å². The van der Waals surface area contributed by atoms with Crippen molar-refractivity contribution in [2.24, 2.45) is 0 Å². The van der Waals surface area contributed by atoms with Crippen molar-refractivity contribution < 1.29 is 14.3 Å². The zero-order chi connectivity index (χ0) is 13.0. The highest BCUT2D eigenvalue weighted by Crippen LogP contribution is 2.14. The molecule has 18 heavy (non-hydrogen) atoms. The number of likely N-dealkylation sites (N-methyl/N-ethyl adjacent to an activating group) is 1. The summed E-state index contributed by atoms with van der Waals surface area (Å²) in [6.45, 7) is 1.96. The van der Waals surface area contributed by atoms with Gasteiger partial charge in [-0.15, -0.1) is 0 Å². The molecule has 1 aromatic rings. The molecule has 1 aromatic carbocycles. The first kappa shape index (κ1) is 13.1. The molecule has 4 nitrogen and oxygen atoms in total. The van der Waals surface area contributed by atoms with Gasteiger partial charge in [0.25, 0.3) is 0 Å². The van der Waals surface area contributed by atoms with Crippen molar-refractivity contribution in [1.82, 2.24) is 4.90 Å². The van der Waals surface area contributed by atoms with E-state index in [1.165, 1.54) is 0 Å². The summed E-state index contributed by atoms with van der Waals surface area (Å²) in [4.78, 5) is 14.2. The Kier molecular flexibility index (Phi) is 4.33. The molecule has 1 unspecified atom stereocenters. The van der Waals surface area contributed by atoms with E-state index in [-0.39, 0.29) is 5.78 Å². The Labute approximate surface area is 107 Å². The zero-order valence-corrected chi connectivity index (χ0v) is 10.9. The van der Waals surface area contributed by atoms with Crippen molar-refractivity contribution in [2.75, 3.05) is 33.9 Å². The fourth-order valence-electron chi connectivity index (χ4n) is 2.09. The third-order valence-corrected chi connectivity index (χ3v) is 3.33. The van der Waals surface area contributed by atoms with Crippen molar-refractivity contribution >= 4 is 5.78 Å². The maximum atomic E-state index is 12.1. The lowest BCUT2D eigenvalue weighted by molar-refractivity contribution is 0.0907. The number of nitrogens with zero attached hydrogens (tertiary/aromatic N) is 1. The molecule has 0 saturated carbocycles. The van der Waals surface area contributed by atoms with E-state index >= 15 is 0 Å². The minimum atomic E-state index is 0.132. The van der Waals surface area contributed by atoms with E-state index < -0.39 is 0 Å². The van der Waals surface area contributed by atoms with Crippen LogP contribution in [0.5, 0.6) is 5.75 Å². The molecule has 1 heterocycles. The molecule has 4 heteroatoms. The van der Waals surface area contributed by atoms with Gasteiger partial charge in [-0.2, -0.15) is 0 Å². The smallest absolute Gasteiger partial charge is 0.176 e. The fourth-order valence-corrected chi connectivity index (χ4v) is 2.09. The van der Waals surface area contributed by atoms with Crippen molar-refractivity contribution in [1.29, 1.82) is 0 Å². The summed E-state index contributed by atoms with van der Waals surface area (Å²) in [6.07, 6.45) is 1.01. The lowest BCUT2D eigenvalue weighted by Crippen LogP contribution is -2.36. The third kappa shape index (κ3) is 3.09. The van der Waals surface area contributed by atoms with Crippen LogP contribution in [-0.4, -0.2) is 50.6 Å². The lowest BCUT2D eigenvalue weighted by Gasteiger charge is -2.21. The predicted molar refractivity (Wildman–Crippen MR) is 69.2 cm³/mol. The van der Waals surface area contributed by atoms with Gasteiger partial charge >= 0.3 is 0 Å². The Balaban J connectivity index is 1.93. The number of ketones is 1. The number of benzene rings is 1. The molecular formula is C14H19NO3. The van der Waals surface area contributed by atoms with Crippen molar-refractivity contribution in [3.8, 4) is 5.75 Å². The molecule has 0 spiro atoms. The summed E-state index contributed by atoms with van der Waals surface area (Å²) in [6, 6.07) is 7.60. The second kappa shape index (κ2) is 5.98. The second-order valence-corrected chi connectivity index (χ2v) is 4.58. The molecule has 0 N–H and O–H groups in total. The normalized spacial score (nSPS) is 19.2. The minimum absolute atomic E-state index is 0.132. The molecule has 2 rings (SSSR count). The summed E-state index contributed by atoms with van der Waals surface area (Å²) in [7, 11) is 3.59. The quantitative estimate of drug-likeness (QED) is 0.743. The Morgan fingerprint density at radius 2 is 2.17 bits per heavy atom. The third-order valence-electron chi connectivity index (χ3n) is 3.33. The average Bonchev–Trinajstić information content (AvgIpc) is 2.92. The number of hydrogen-bond acceptors (Lipinski definition) is 4. The monoisotopic (exact) mass is 249 g/mol. The minimum Gasteiger partial charge on any atom is -0.497 e. The van der Waals surface area contributed by atoms with Gasteiger partial charge in [-0.25, -0.2) is 0 Å². The molecule has 0 bridgehead atoms. The van der Waals surface area contributed by atoms with Gasteiger partial charge in [0.05, 0.1) is 20.3 Å². The zero-order valence-electron chi connectivity index (χ0n) is 10.9. The number of carbonyl (C=O) groups is 1. The van der Waals surface area contributed by atoms with Gasteiger partial charge < -0.3 is 9.47 Å². The maximum Gasteiger partial charge on any atom is 0.176 e. The molecule has 0 aromatic heterocycles. The number of methoxy groups -OCH3 is 1. The van der Waals surface area contributed by atoms with Crippen molar-refractivity contribution in [3.05, 3.63) is 29.8 Å². The van der Waals surface area contributed by atoms with Gasteiger partial charge in [0, 0.05) is 18.2 Å². The van der Waals surface area contributed by atoms with Crippen LogP contribution in [0.4, 0.5) is 0 Å². The van der Waals surface area contributed by atoms with Crippen LogP contribution in [0, 0.1) is 0 Å². The van der Waals surface area contributed by atoms with E-state index in [1.54, 1.807) is 19.2 Å². The molecule has 1 aliphatic rings. The van der Waals surface area contributed by atoms with Crippen LogP contribution in [0.15, 0.2) is 24.3 Å². The molecule has 98 valence electrons. The highest BCUT2D eigenvalue weighted by atomic mass is 16.5. The molecule has 0 amide bonds. The summed E-state index contributed by atoms with van der Waals surface area (Å²) in [5, 5.41) is 0. The van der Waals surface area contributed by atoms with E-state index in [0.29, 0.717) is 12.6 Å². The van der Waals surface area contributed by atoms with Crippen LogP contribution in [0.25, 0.3) is 0 Å². The number of Topliss-reactive ketones (excluding diaryl/α,β-unsaturated/α-hetero) is 1. The highest BCUT2D eigenvalue weighted by molar-refractivity contribution is 5.97. The van der Waals surface area contributed by atoms with Crippen molar-refractivity contribution in [3.63, 3.8) is 0 Å². The molecule has 0 aliphatic carbocycles. The first-order valence-corrected chi connectivity index (χ1v) is 6.16. The lowest BCUT2D eigenvalue weighted by atomic mass is 10.1. The van der Waals surface area contributed by atoms with Gasteiger partial charge in [-0.05, 0) is 37.7 Å². The van der Waals surface area contributed by atoms with Crippen LogP contribution in [0.2, 0.25) is 0 Å². The van der Waals surface area contributed by atoms with Gasteiger partial charge in [-0.3, -0.25) is 9.69 Å². The first-order chi connectivity index (χ1) is 8.70. The topological polar surface area (TPSA) is 38.8 Å². The van der Waals surface area contributed by atoms with Gasteiger partial charge in [-0.1, -0.05) is 0 Å². The summed E-state index contributed by atoms with van der Waals surface area (Å²) in [5.74, 6) is 0.899. The van der Waals surface area contributed by atoms with Crippen LogP contribution < -0.4 is 4.74 Å². The molecule has 0 radical (unpaired) electrons. The molecule has 1 aliphatic heterocycles. The Bertz CT molecular complexity index is 396. The first-order valence-electron chi connectivity index (χ1n) is 6.16. The standard InChI is InChI=1S/C14H19NO3/c1-15(12-7-8-18-10-12)9-14(16)11-3-5-13(17-2)6-4-11/h3-6,12H,7-10H2,1-2H3. The number of hydrogen-bond donors (Lipinski definition) is 0. The fraction of sp³-hybridized carbons (Fsp3) is 0.500. The Morgan fingerprint density at radius 3 is 2.72 bits per heavy atom. The van der Waals surface area contributed by atoms with Crippen LogP contribution in [0.1, 0.15) is 16.8 Å². The number of ether oxygens (including phenoxy) is 2. The van der Waals surface area contributed by atoms with E-state index in [9.17, 15) is 4.79 Å². The maximum absolute atomic E-state index is 12.1. The second-order valence-electron chi connectivity index (χ2n) is 4.58. The largest absolute Gasteiger partial charge is 0.497 e. The van der Waals surface area contributed by atoms with Crippen LogP contribution >= 0.6 is 0 Å². The number of rotatable bonds is 5. The molecule has 1 fully saturated rings. The van der Waals surface area contributed by atoms with E-state index in [0.717, 1.165) is 30.9 Å². The number of carbonyl (C=O) groups excluding carboxylic acids is 1. The van der Waals surface area contributed by atoms with Crippen molar-refractivity contribution in [2.45, 2.75) is 12.5 Å². The SMILES string of the molecule is COc1ccc(C(=O)CN(C)C2CCOC2)cc1. The Hall–Kier alpha value is -1.39. The Morgan fingerprint density at radius 1 is 1.44 bits per heavy atom. The average molecular weight is 249 g/mol. The summed E-state index contributed by atoms with van der Waals surface area (Å²) >= 11 is 0. The molecular weight excluding hydrogens is 230 g/mol. The van der Waals surface area contributed by atoms with Gasteiger partial charge in [0.1, 0.15) is 5.75 Å². The molecule has 1 saturated heterocycles. The van der Waals surface area contributed by atoms with Crippen LogP contribution in [-0.2, 0) is 4.74 Å².